The number of ether oxygens (including phenoxy) is 1. The molecule has 0 spiro atoms. The molecule has 3 rings (SSSR count). The molecule has 0 saturated carbocycles. The highest BCUT2D eigenvalue weighted by Gasteiger charge is 2.26. The van der Waals surface area contributed by atoms with E-state index in [1.807, 2.05) is 0 Å². The average molecular weight is 379 g/mol. The summed E-state index contributed by atoms with van der Waals surface area (Å²) in [5.74, 6) is 0.114. The first-order chi connectivity index (χ1) is 12.6. The third kappa shape index (κ3) is 4.21. The van der Waals surface area contributed by atoms with E-state index in [2.05, 4.69) is 27.2 Å². The van der Waals surface area contributed by atoms with Crippen LogP contribution in [0.3, 0.4) is 0 Å². The number of nitrogens with zero attached hydrogens (tertiary/aromatic N) is 4. The van der Waals surface area contributed by atoms with Gasteiger partial charge in [0, 0.05) is 44.4 Å². The summed E-state index contributed by atoms with van der Waals surface area (Å²) in [6.45, 7) is 4.63. The molecule has 26 heavy (non-hydrogen) atoms. The van der Waals surface area contributed by atoms with Crippen LogP contribution in [0, 0.1) is 5.92 Å². The summed E-state index contributed by atoms with van der Waals surface area (Å²) in [4.78, 5) is 31.7. The van der Waals surface area contributed by atoms with Crippen molar-refractivity contribution in [3.63, 3.8) is 0 Å². The highest BCUT2D eigenvalue weighted by atomic mass is 32.1. The van der Waals surface area contributed by atoms with Gasteiger partial charge in [-0.2, -0.15) is 4.52 Å². The largest absolute Gasteiger partial charge is 0.383 e. The van der Waals surface area contributed by atoms with Crippen molar-refractivity contribution in [3.05, 3.63) is 22.1 Å². The molecule has 1 saturated heterocycles. The van der Waals surface area contributed by atoms with Gasteiger partial charge < -0.3 is 15.0 Å². The molecule has 1 fully saturated rings. The molecule has 0 aromatic carbocycles. The van der Waals surface area contributed by atoms with Gasteiger partial charge in [-0.3, -0.25) is 9.59 Å². The quantitative estimate of drug-likeness (QED) is 0.724. The van der Waals surface area contributed by atoms with Crippen LogP contribution in [0.1, 0.15) is 31.9 Å². The molecule has 1 aliphatic heterocycles. The number of methoxy groups -OCH3 is 1. The third-order valence-corrected chi connectivity index (χ3v) is 5.50. The molecule has 9 heteroatoms. The molecule has 0 radical (unpaired) electrons. The summed E-state index contributed by atoms with van der Waals surface area (Å²) in [5.41, 5.74) is 0.687. The van der Waals surface area contributed by atoms with E-state index in [4.69, 9.17) is 4.74 Å². The van der Waals surface area contributed by atoms with E-state index in [1.54, 1.807) is 13.2 Å². The van der Waals surface area contributed by atoms with Gasteiger partial charge in [0.15, 0.2) is 0 Å². The Kier molecular flexibility index (Phi) is 6.20. The van der Waals surface area contributed by atoms with Crippen molar-refractivity contribution < 1.29 is 9.53 Å². The fourth-order valence-electron chi connectivity index (χ4n) is 3.11. The SMILES string of the molecule is CCCc1cc(=O)n2nc(N3CCC(C(=O)NCCOC)CC3)sc2n1. The molecule has 0 unspecified atom stereocenters. The number of amides is 1. The van der Waals surface area contributed by atoms with E-state index in [-0.39, 0.29) is 17.4 Å². The van der Waals surface area contributed by atoms with Crippen LogP contribution in [-0.2, 0) is 16.0 Å². The normalized spacial score (nSPS) is 15.5. The van der Waals surface area contributed by atoms with Crippen LogP contribution in [0.5, 0.6) is 0 Å². The zero-order chi connectivity index (χ0) is 18.5. The van der Waals surface area contributed by atoms with E-state index in [1.165, 1.54) is 15.9 Å². The Bertz CT molecular complexity index is 810. The van der Waals surface area contributed by atoms with Gasteiger partial charge >= 0.3 is 0 Å². The monoisotopic (exact) mass is 379 g/mol. The Labute approximate surface area is 156 Å². The van der Waals surface area contributed by atoms with Crippen LogP contribution in [0.15, 0.2) is 10.9 Å². The molecule has 1 aliphatic rings. The maximum atomic E-state index is 12.2. The highest BCUT2D eigenvalue weighted by Crippen LogP contribution is 2.27. The van der Waals surface area contributed by atoms with Gasteiger partial charge in [-0.15, -0.1) is 5.10 Å². The lowest BCUT2D eigenvalue weighted by molar-refractivity contribution is -0.125. The van der Waals surface area contributed by atoms with E-state index in [9.17, 15) is 9.59 Å². The average Bonchev–Trinajstić information content (AvgIpc) is 3.07. The number of anilines is 1. The van der Waals surface area contributed by atoms with Gasteiger partial charge in [-0.1, -0.05) is 24.7 Å². The minimum Gasteiger partial charge on any atom is -0.383 e. The lowest BCUT2D eigenvalue weighted by Gasteiger charge is -2.30. The number of hydrogen-bond donors (Lipinski definition) is 1. The summed E-state index contributed by atoms with van der Waals surface area (Å²) in [6, 6.07) is 1.57. The molecule has 8 nitrogen and oxygen atoms in total. The maximum absolute atomic E-state index is 12.2. The Hall–Kier alpha value is -2.00. The Morgan fingerprint density at radius 3 is 2.88 bits per heavy atom. The van der Waals surface area contributed by atoms with Gasteiger partial charge in [0.05, 0.1) is 6.61 Å². The van der Waals surface area contributed by atoms with Crippen molar-refractivity contribution in [2.45, 2.75) is 32.6 Å². The van der Waals surface area contributed by atoms with E-state index in [0.717, 1.165) is 49.6 Å². The van der Waals surface area contributed by atoms with E-state index in [0.29, 0.717) is 18.1 Å². The number of carbonyl (C=O) groups excluding carboxylic acids is 1. The molecule has 0 aliphatic carbocycles. The van der Waals surface area contributed by atoms with Crippen LogP contribution in [-0.4, -0.2) is 53.9 Å². The van der Waals surface area contributed by atoms with Gasteiger partial charge in [-0.25, -0.2) is 4.98 Å². The fraction of sp³-hybridized carbons (Fsp3) is 0.647. The number of fused-ring (bicyclic) bond motifs is 1. The highest BCUT2D eigenvalue weighted by molar-refractivity contribution is 7.20. The third-order valence-electron chi connectivity index (χ3n) is 4.54. The summed E-state index contributed by atoms with van der Waals surface area (Å²) in [7, 11) is 1.62. The number of piperidine rings is 1. The fourth-order valence-corrected chi connectivity index (χ4v) is 4.09. The Morgan fingerprint density at radius 2 is 2.19 bits per heavy atom. The van der Waals surface area contributed by atoms with Crippen LogP contribution < -0.4 is 15.8 Å². The molecule has 2 aromatic rings. The molecule has 3 heterocycles. The number of rotatable bonds is 7. The number of carbonyl (C=O) groups is 1. The lowest BCUT2D eigenvalue weighted by Crippen LogP contribution is -2.41. The second kappa shape index (κ2) is 8.59. The van der Waals surface area contributed by atoms with Crippen molar-refractivity contribution in [1.29, 1.82) is 0 Å². The number of aromatic nitrogens is 3. The Balaban J connectivity index is 1.65. The van der Waals surface area contributed by atoms with Gasteiger partial charge in [-0.05, 0) is 19.3 Å². The smallest absolute Gasteiger partial charge is 0.275 e. The summed E-state index contributed by atoms with van der Waals surface area (Å²) in [6.07, 6.45) is 3.30. The van der Waals surface area contributed by atoms with Crippen molar-refractivity contribution in [3.8, 4) is 0 Å². The van der Waals surface area contributed by atoms with Gasteiger partial charge in [0.25, 0.3) is 5.56 Å². The van der Waals surface area contributed by atoms with Crippen LogP contribution in [0.4, 0.5) is 5.13 Å². The van der Waals surface area contributed by atoms with E-state index >= 15 is 0 Å². The molecule has 1 amide bonds. The standard InChI is InChI=1S/C17H25N5O3S/c1-3-4-13-11-14(23)22-16(19-13)26-17(20-22)21-8-5-12(6-9-21)15(24)18-7-10-25-2/h11-12H,3-10H2,1-2H3,(H,18,24). The second-order valence-corrected chi connectivity index (χ2v) is 7.39. The molecule has 1 N–H and O–H groups in total. The molecule has 142 valence electrons. The molecular weight excluding hydrogens is 354 g/mol. The van der Waals surface area contributed by atoms with Crippen LogP contribution in [0.2, 0.25) is 0 Å². The summed E-state index contributed by atoms with van der Waals surface area (Å²) < 4.78 is 6.33. The van der Waals surface area contributed by atoms with Crippen molar-refractivity contribution in [2.75, 3.05) is 38.3 Å². The number of aryl methyl sites for hydroxylation is 1. The van der Waals surface area contributed by atoms with Crippen LogP contribution in [0.25, 0.3) is 4.96 Å². The summed E-state index contributed by atoms with van der Waals surface area (Å²) in [5, 5.41) is 8.13. The molecule has 2 aromatic heterocycles. The zero-order valence-corrected chi connectivity index (χ0v) is 16.0. The lowest BCUT2D eigenvalue weighted by atomic mass is 9.96. The summed E-state index contributed by atoms with van der Waals surface area (Å²) >= 11 is 1.43. The van der Waals surface area contributed by atoms with Crippen molar-refractivity contribution in [2.24, 2.45) is 5.92 Å². The first-order valence-corrected chi connectivity index (χ1v) is 9.85. The second-order valence-electron chi connectivity index (χ2n) is 6.46. The molecule has 0 atom stereocenters. The minimum absolute atomic E-state index is 0.0227. The zero-order valence-electron chi connectivity index (χ0n) is 15.2. The van der Waals surface area contributed by atoms with Crippen LogP contribution >= 0.6 is 11.3 Å². The van der Waals surface area contributed by atoms with Gasteiger partial charge in [0.1, 0.15) is 0 Å². The van der Waals surface area contributed by atoms with E-state index < -0.39 is 0 Å². The Morgan fingerprint density at radius 1 is 1.42 bits per heavy atom. The minimum atomic E-state index is -0.131. The number of nitrogens with one attached hydrogen (secondary N) is 1. The first kappa shape index (κ1) is 18.8. The van der Waals surface area contributed by atoms with Gasteiger partial charge in [0.2, 0.25) is 16.0 Å². The molecular formula is C17H25N5O3S. The molecule has 0 bridgehead atoms. The predicted molar refractivity (Wildman–Crippen MR) is 101 cm³/mol. The maximum Gasteiger partial charge on any atom is 0.275 e. The topological polar surface area (TPSA) is 88.8 Å². The van der Waals surface area contributed by atoms with Crippen molar-refractivity contribution in [1.82, 2.24) is 19.9 Å². The number of hydrogen-bond acceptors (Lipinski definition) is 7. The first-order valence-electron chi connectivity index (χ1n) is 9.03. The predicted octanol–water partition coefficient (Wildman–Crippen LogP) is 1.08. The van der Waals surface area contributed by atoms with Crippen molar-refractivity contribution >= 4 is 27.3 Å².